The summed E-state index contributed by atoms with van der Waals surface area (Å²) in [5.41, 5.74) is 1.65. The topological polar surface area (TPSA) is 52.8 Å². The van der Waals surface area contributed by atoms with Crippen LogP contribution in [0.1, 0.15) is 24.2 Å². The molecule has 0 spiro atoms. The second kappa shape index (κ2) is 9.91. The zero-order valence-corrected chi connectivity index (χ0v) is 17.9. The van der Waals surface area contributed by atoms with Crippen molar-refractivity contribution in [3.05, 3.63) is 52.8 Å². The molecule has 0 aliphatic carbocycles. The number of rotatable bonds is 8. The monoisotopic (exact) mass is 416 g/mol. The second-order valence-electron chi connectivity index (χ2n) is 5.91. The second-order valence-corrected chi connectivity index (χ2v) is 7.77. The van der Waals surface area contributed by atoms with E-state index in [1.54, 1.807) is 11.8 Å². The van der Waals surface area contributed by atoms with E-state index in [2.05, 4.69) is 4.99 Å². The van der Waals surface area contributed by atoms with Crippen molar-refractivity contribution >= 4 is 39.2 Å². The number of benzene rings is 2. The molecule has 3 rings (SSSR count). The van der Waals surface area contributed by atoms with Crippen molar-refractivity contribution < 1.29 is 14.3 Å². The third-order valence-electron chi connectivity index (χ3n) is 4.16. The minimum absolute atomic E-state index is 0.230. The van der Waals surface area contributed by atoms with Crippen LogP contribution in [0.3, 0.4) is 0 Å². The van der Waals surface area contributed by atoms with Gasteiger partial charge in [0, 0.05) is 18.0 Å². The maximum absolute atomic E-state index is 12.9. The molecule has 0 atom stereocenters. The Morgan fingerprint density at radius 3 is 2.75 bits per heavy atom. The van der Waals surface area contributed by atoms with E-state index >= 15 is 0 Å². The smallest absolute Gasteiger partial charge is 0.280 e. The van der Waals surface area contributed by atoms with Crippen molar-refractivity contribution in [2.45, 2.75) is 25.3 Å². The average molecular weight is 417 g/mol. The molecule has 0 radical (unpaired) electrons. The molecule has 0 saturated heterocycles. The lowest BCUT2D eigenvalue weighted by molar-refractivity contribution is 0.0994. The highest BCUT2D eigenvalue weighted by Gasteiger charge is 2.12. The Balaban J connectivity index is 2.07. The average Bonchev–Trinajstić information content (AvgIpc) is 3.04. The van der Waals surface area contributed by atoms with Gasteiger partial charge in [0.05, 0.1) is 29.0 Å². The molecule has 0 bridgehead atoms. The first-order valence-electron chi connectivity index (χ1n) is 9.24. The van der Waals surface area contributed by atoms with Gasteiger partial charge in [-0.15, -0.1) is 11.8 Å². The molecule has 0 fully saturated rings. The Labute approximate surface area is 173 Å². The van der Waals surface area contributed by atoms with E-state index in [1.165, 1.54) is 11.3 Å². The minimum Gasteiger partial charge on any atom is -0.494 e. The zero-order valence-electron chi connectivity index (χ0n) is 16.3. The van der Waals surface area contributed by atoms with Crippen molar-refractivity contribution in [3.8, 4) is 5.75 Å². The van der Waals surface area contributed by atoms with Crippen LogP contribution in [-0.4, -0.2) is 36.6 Å². The van der Waals surface area contributed by atoms with Crippen LogP contribution in [0.25, 0.3) is 10.2 Å². The molecule has 3 aromatic rings. The Kier molecular flexibility index (Phi) is 7.30. The van der Waals surface area contributed by atoms with E-state index in [9.17, 15) is 4.79 Å². The Morgan fingerprint density at radius 1 is 1.18 bits per heavy atom. The summed E-state index contributed by atoms with van der Waals surface area (Å²) in [6, 6.07) is 13.5. The van der Waals surface area contributed by atoms with Crippen molar-refractivity contribution in [1.29, 1.82) is 0 Å². The van der Waals surface area contributed by atoms with Crippen LogP contribution in [-0.2, 0) is 11.3 Å². The number of carbonyl (C=O) groups excluding carboxylic acids is 1. The summed E-state index contributed by atoms with van der Waals surface area (Å²) in [7, 11) is 0. The first kappa shape index (κ1) is 20.6. The number of thioether (sulfide) groups is 1. The predicted octanol–water partition coefficient (Wildman–Crippen LogP) is 4.60. The molecule has 1 aromatic heterocycles. The van der Waals surface area contributed by atoms with Crippen molar-refractivity contribution in [3.63, 3.8) is 0 Å². The van der Waals surface area contributed by atoms with Crippen molar-refractivity contribution in [2.24, 2.45) is 4.99 Å². The SMILES string of the molecule is CCOCCn1c(=NC(=O)c2ccccc2SC)sc2cc(OCC)ccc21. The number of aromatic nitrogens is 1. The first-order valence-corrected chi connectivity index (χ1v) is 11.3. The molecular weight excluding hydrogens is 392 g/mol. The summed E-state index contributed by atoms with van der Waals surface area (Å²) < 4.78 is 14.2. The van der Waals surface area contributed by atoms with Crippen LogP contribution in [0.5, 0.6) is 5.75 Å². The van der Waals surface area contributed by atoms with Crippen LogP contribution in [0, 0.1) is 0 Å². The van der Waals surface area contributed by atoms with Crippen molar-refractivity contribution in [1.82, 2.24) is 4.57 Å². The molecular formula is C21H24N2O3S2. The maximum Gasteiger partial charge on any atom is 0.280 e. The lowest BCUT2D eigenvalue weighted by Crippen LogP contribution is -2.19. The van der Waals surface area contributed by atoms with E-state index in [0.29, 0.717) is 36.7 Å². The van der Waals surface area contributed by atoms with Gasteiger partial charge >= 0.3 is 0 Å². The molecule has 0 aliphatic rings. The van der Waals surface area contributed by atoms with Gasteiger partial charge in [-0.3, -0.25) is 4.79 Å². The quantitative estimate of drug-likeness (QED) is 0.398. The molecule has 148 valence electrons. The standard InChI is InChI=1S/C21H24N2O3S2/c1-4-25-13-12-23-17-11-10-15(26-5-2)14-19(17)28-21(23)22-20(24)16-8-6-7-9-18(16)27-3/h6-11,14H,4-5,12-13H2,1-3H3. The molecule has 0 saturated carbocycles. The number of ether oxygens (including phenoxy) is 2. The maximum atomic E-state index is 12.9. The number of fused-ring (bicyclic) bond motifs is 1. The summed E-state index contributed by atoms with van der Waals surface area (Å²) in [5.74, 6) is 0.588. The third-order valence-corrected chi connectivity index (χ3v) is 6.00. The van der Waals surface area contributed by atoms with Gasteiger partial charge in [0.15, 0.2) is 4.80 Å². The Bertz CT molecular complexity index is 1020. The summed E-state index contributed by atoms with van der Waals surface area (Å²) in [4.78, 5) is 18.9. The van der Waals surface area contributed by atoms with Crippen LogP contribution < -0.4 is 9.54 Å². The van der Waals surface area contributed by atoms with E-state index in [4.69, 9.17) is 9.47 Å². The molecule has 1 heterocycles. The number of carbonyl (C=O) groups is 1. The van der Waals surface area contributed by atoms with Crippen molar-refractivity contribution in [2.75, 3.05) is 26.1 Å². The number of hydrogen-bond acceptors (Lipinski definition) is 5. The van der Waals surface area contributed by atoms with Crippen LogP contribution >= 0.6 is 23.1 Å². The van der Waals surface area contributed by atoms with Gasteiger partial charge < -0.3 is 14.0 Å². The highest BCUT2D eigenvalue weighted by atomic mass is 32.2. The predicted molar refractivity (Wildman–Crippen MR) is 116 cm³/mol. The molecule has 1 amide bonds. The highest BCUT2D eigenvalue weighted by molar-refractivity contribution is 7.98. The van der Waals surface area contributed by atoms with Gasteiger partial charge in [0.2, 0.25) is 0 Å². The van der Waals surface area contributed by atoms with E-state index in [0.717, 1.165) is 20.9 Å². The van der Waals surface area contributed by atoms with Crippen LogP contribution in [0.4, 0.5) is 0 Å². The van der Waals surface area contributed by atoms with Gasteiger partial charge in [-0.2, -0.15) is 4.99 Å². The van der Waals surface area contributed by atoms with Gasteiger partial charge in [-0.25, -0.2) is 0 Å². The molecule has 2 aromatic carbocycles. The van der Waals surface area contributed by atoms with Gasteiger partial charge in [0.25, 0.3) is 5.91 Å². The van der Waals surface area contributed by atoms with Crippen LogP contribution in [0.15, 0.2) is 52.4 Å². The van der Waals surface area contributed by atoms with Gasteiger partial charge in [0.1, 0.15) is 5.75 Å². The molecule has 0 unspecified atom stereocenters. The normalized spacial score (nSPS) is 11.9. The summed E-state index contributed by atoms with van der Waals surface area (Å²) in [5, 5.41) is 0. The molecule has 7 heteroatoms. The fourth-order valence-electron chi connectivity index (χ4n) is 2.88. The zero-order chi connectivity index (χ0) is 19.9. The van der Waals surface area contributed by atoms with Gasteiger partial charge in [-0.1, -0.05) is 23.5 Å². The summed E-state index contributed by atoms with van der Waals surface area (Å²) in [6.45, 7) is 6.41. The number of nitrogens with zero attached hydrogens (tertiary/aromatic N) is 2. The molecule has 0 aliphatic heterocycles. The summed E-state index contributed by atoms with van der Waals surface area (Å²) in [6.07, 6.45) is 1.96. The molecule has 28 heavy (non-hydrogen) atoms. The molecule has 0 N–H and O–H groups in total. The first-order chi connectivity index (χ1) is 13.7. The summed E-state index contributed by atoms with van der Waals surface area (Å²) >= 11 is 3.04. The van der Waals surface area contributed by atoms with E-state index < -0.39 is 0 Å². The Hall–Kier alpha value is -2.09. The Morgan fingerprint density at radius 2 is 2.00 bits per heavy atom. The number of thiazole rings is 1. The van der Waals surface area contributed by atoms with E-state index in [-0.39, 0.29) is 5.91 Å². The highest BCUT2D eigenvalue weighted by Crippen LogP contribution is 2.24. The number of hydrogen-bond donors (Lipinski definition) is 0. The fourth-order valence-corrected chi connectivity index (χ4v) is 4.55. The minimum atomic E-state index is -0.230. The van der Waals surface area contributed by atoms with Gasteiger partial charge in [-0.05, 0) is 50.4 Å². The lowest BCUT2D eigenvalue weighted by atomic mass is 10.2. The molecule has 5 nitrogen and oxygen atoms in total. The lowest BCUT2D eigenvalue weighted by Gasteiger charge is -2.07. The largest absolute Gasteiger partial charge is 0.494 e. The third kappa shape index (κ3) is 4.66. The fraction of sp³-hybridized carbons (Fsp3) is 0.333. The van der Waals surface area contributed by atoms with E-state index in [1.807, 2.05) is 67.1 Å². The van der Waals surface area contributed by atoms with Crippen LogP contribution in [0.2, 0.25) is 0 Å². The number of amides is 1.